The Morgan fingerprint density at radius 1 is 1.32 bits per heavy atom. The Bertz CT molecular complexity index is 722. The normalized spacial score (nSPS) is 12.3. The average molecular weight is 301 g/mol. The van der Waals surface area contributed by atoms with Gasteiger partial charge in [0.05, 0.1) is 7.11 Å². The molecule has 0 aliphatic heterocycles. The van der Waals surface area contributed by atoms with Gasteiger partial charge in [0.25, 0.3) is 0 Å². The van der Waals surface area contributed by atoms with Crippen molar-refractivity contribution in [3.63, 3.8) is 0 Å². The van der Waals surface area contributed by atoms with E-state index in [4.69, 9.17) is 9.47 Å². The summed E-state index contributed by atoms with van der Waals surface area (Å²) in [5.41, 5.74) is 3.60. The molecule has 1 unspecified atom stereocenters. The Labute approximate surface area is 131 Å². The number of pyridine rings is 1. The van der Waals surface area contributed by atoms with E-state index in [0.29, 0.717) is 17.4 Å². The van der Waals surface area contributed by atoms with Gasteiger partial charge in [-0.3, -0.25) is 4.79 Å². The zero-order valence-electron chi connectivity index (χ0n) is 14.1. The van der Waals surface area contributed by atoms with Crippen LogP contribution < -0.4 is 9.47 Å². The molecule has 1 atom stereocenters. The zero-order chi connectivity index (χ0) is 16.4. The number of hydrogen-bond acceptors (Lipinski definition) is 4. The molecule has 118 valence electrons. The molecule has 2 aromatic rings. The maximum Gasteiger partial charge on any atom is 0.308 e. The summed E-state index contributed by atoms with van der Waals surface area (Å²) in [5.74, 6) is 1.36. The number of aromatic nitrogens is 1. The SMILES string of the molecule is CCC(C)c1cc(OC)c2nc(C)c(C)c(OC(C)=O)c2c1. The minimum atomic E-state index is -0.331. The van der Waals surface area contributed by atoms with Crippen LogP contribution in [0.3, 0.4) is 0 Å². The molecule has 0 saturated heterocycles. The molecule has 0 spiro atoms. The number of hydrogen-bond donors (Lipinski definition) is 0. The van der Waals surface area contributed by atoms with Gasteiger partial charge in [0, 0.05) is 23.6 Å². The maximum absolute atomic E-state index is 11.5. The summed E-state index contributed by atoms with van der Waals surface area (Å²) in [6.07, 6.45) is 1.02. The van der Waals surface area contributed by atoms with E-state index in [1.54, 1.807) is 7.11 Å². The van der Waals surface area contributed by atoms with Gasteiger partial charge in [0.1, 0.15) is 17.0 Å². The number of carbonyl (C=O) groups is 1. The summed E-state index contributed by atoms with van der Waals surface area (Å²) in [6, 6.07) is 4.08. The van der Waals surface area contributed by atoms with E-state index in [9.17, 15) is 4.79 Å². The van der Waals surface area contributed by atoms with Gasteiger partial charge in [-0.15, -0.1) is 0 Å². The summed E-state index contributed by atoms with van der Waals surface area (Å²) in [6.45, 7) is 9.55. The van der Waals surface area contributed by atoms with E-state index >= 15 is 0 Å². The molecular formula is C18H23NO3. The van der Waals surface area contributed by atoms with Crippen LogP contribution in [0.2, 0.25) is 0 Å². The summed E-state index contributed by atoms with van der Waals surface area (Å²) in [4.78, 5) is 16.1. The van der Waals surface area contributed by atoms with Crippen LogP contribution in [-0.2, 0) is 4.79 Å². The number of benzene rings is 1. The molecule has 0 aliphatic rings. The first-order valence-corrected chi connectivity index (χ1v) is 7.56. The number of esters is 1. The summed E-state index contributed by atoms with van der Waals surface area (Å²) in [7, 11) is 1.64. The van der Waals surface area contributed by atoms with Crippen LogP contribution >= 0.6 is 0 Å². The van der Waals surface area contributed by atoms with Gasteiger partial charge in [-0.1, -0.05) is 13.8 Å². The average Bonchev–Trinajstić information content (AvgIpc) is 2.49. The third-order valence-electron chi connectivity index (χ3n) is 4.15. The van der Waals surface area contributed by atoms with E-state index in [2.05, 4.69) is 24.9 Å². The van der Waals surface area contributed by atoms with E-state index in [1.165, 1.54) is 6.92 Å². The van der Waals surface area contributed by atoms with Crippen LogP contribution in [0, 0.1) is 13.8 Å². The van der Waals surface area contributed by atoms with Gasteiger partial charge in [0.15, 0.2) is 0 Å². The zero-order valence-corrected chi connectivity index (χ0v) is 14.1. The van der Waals surface area contributed by atoms with Crippen molar-refractivity contribution < 1.29 is 14.3 Å². The second kappa shape index (κ2) is 6.34. The molecule has 2 rings (SSSR count). The lowest BCUT2D eigenvalue weighted by atomic mass is 9.95. The number of methoxy groups -OCH3 is 1. The molecule has 1 aromatic heterocycles. The third kappa shape index (κ3) is 2.91. The van der Waals surface area contributed by atoms with Crippen molar-refractivity contribution in [2.24, 2.45) is 0 Å². The fourth-order valence-electron chi connectivity index (χ4n) is 2.49. The van der Waals surface area contributed by atoms with Crippen LogP contribution in [0.4, 0.5) is 0 Å². The maximum atomic E-state index is 11.5. The van der Waals surface area contributed by atoms with E-state index < -0.39 is 0 Å². The van der Waals surface area contributed by atoms with Gasteiger partial charge in [-0.25, -0.2) is 4.98 Å². The number of nitrogens with zero attached hydrogens (tertiary/aromatic N) is 1. The van der Waals surface area contributed by atoms with Crippen LogP contribution in [0.5, 0.6) is 11.5 Å². The Morgan fingerprint density at radius 2 is 2.00 bits per heavy atom. The molecule has 0 bridgehead atoms. The summed E-state index contributed by atoms with van der Waals surface area (Å²) >= 11 is 0. The van der Waals surface area contributed by atoms with Crippen molar-refractivity contribution in [1.29, 1.82) is 0 Å². The van der Waals surface area contributed by atoms with E-state index in [1.807, 2.05) is 19.9 Å². The first kappa shape index (κ1) is 16.3. The van der Waals surface area contributed by atoms with Crippen molar-refractivity contribution in [3.8, 4) is 11.5 Å². The highest BCUT2D eigenvalue weighted by Crippen LogP contribution is 2.38. The van der Waals surface area contributed by atoms with Crippen molar-refractivity contribution in [1.82, 2.24) is 4.98 Å². The molecule has 4 nitrogen and oxygen atoms in total. The summed E-state index contributed by atoms with van der Waals surface area (Å²) in [5, 5.41) is 0.827. The van der Waals surface area contributed by atoms with Crippen LogP contribution in [-0.4, -0.2) is 18.1 Å². The quantitative estimate of drug-likeness (QED) is 0.790. The Hall–Kier alpha value is -2.10. The lowest BCUT2D eigenvalue weighted by molar-refractivity contribution is -0.131. The van der Waals surface area contributed by atoms with Crippen LogP contribution in [0.15, 0.2) is 12.1 Å². The van der Waals surface area contributed by atoms with E-state index in [-0.39, 0.29) is 5.97 Å². The molecule has 1 aromatic carbocycles. The number of carbonyl (C=O) groups excluding carboxylic acids is 1. The molecule has 22 heavy (non-hydrogen) atoms. The molecule has 1 heterocycles. The molecule has 0 fully saturated rings. The molecule has 0 saturated carbocycles. The smallest absolute Gasteiger partial charge is 0.308 e. The largest absolute Gasteiger partial charge is 0.494 e. The fourth-order valence-corrected chi connectivity index (χ4v) is 2.49. The van der Waals surface area contributed by atoms with Crippen molar-refractivity contribution in [2.75, 3.05) is 7.11 Å². The first-order valence-electron chi connectivity index (χ1n) is 7.56. The molecule has 0 radical (unpaired) electrons. The number of ether oxygens (including phenoxy) is 2. The highest BCUT2D eigenvalue weighted by molar-refractivity contribution is 5.93. The fraction of sp³-hybridized carbons (Fsp3) is 0.444. The van der Waals surface area contributed by atoms with Gasteiger partial charge >= 0.3 is 5.97 Å². The number of fused-ring (bicyclic) bond motifs is 1. The van der Waals surface area contributed by atoms with Crippen molar-refractivity contribution in [3.05, 3.63) is 29.0 Å². The van der Waals surface area contributed by atoms with Crippen LogP contribution in [0.1, 0.15) is 49.9 Å². The third-order valence-corrected chi connectivity index (χ3v) is 4.15. The van der Waals surface area contributed by atoms with Gasteiger partial charge < -0.3 is 9.47 Å². The predicted molar refractivity (Wildman–Crippen MR) is 87.8 cm³/mol. The van der Waals surface area contributed by atoms with E-state index in [0.717, 1.165) is 34.1 Å². The minimum Gasteiger partial charge on any atom is -0.494 e. The Kier molecular flexibility index (Phi) is 4.69. The van der Waals surface area contributed by atoms with Gasteiger partial charge in [0.2, 0.25) is 0 Å². The van der Waals surface area contributed by atoms with Gasteiger partial charge in [-0.2, -0.15) is 0 Å². The first-order chi connectivity index (χ1) is 10.4. The van der Waals surface area contributed by atoms with Gasteiger partial charge in [-0.05, 0) is 43.9 Å². The lowest BCUT2D eigenvalue weighted by Gasteiger charge is -2.17. The second-order valence-electron chi connectivity index (χ2n) is 5.67. The molecule has 4 heteroatoms. The highest BCUT2D eigenvalue weighted by atomic mass is 16.5. The van der Waals surface area contributed by atoms with Crippen molar-refractivity contribution in [2.45, 2.75) is 47.0 Å². The molecule has 0 aliphatic carbocycles. The lowest BCUT2D eigenvalue weighted by Crippen LogP contribution is -2.06. The topological polar surface area (TPSA) is 48.4 Å². The predicted octanol–water partition coefficient (Wildman–Crippen LogP) is 4.30. The number of aryl methyl sites for hydroxylation is 1. The second-order valence-corrected chi connectivity index (χ2v) is 5.67. The molecular weight excluding hydrogens is 278 g/mol. The molecule has 0 amide bonds. The highest BCUT2D eigenvalue weighted by Gasteiger charge is 2.18. The number of rotatable bonds is 4. The molecule has 0 N–H and O–H groups in total. The van der Waals surface area contributed by atoms with Crippen molar-refractivity contribution >= 4 is 16.9 Å². The minimum absolute atomic E-state index is 0.331. The van der Waals surface area contributed by atoms with Crippen LogP contribution in [0.25, 0.3) is 10.9 Å². The Balaban J connectivity index is 2.84. The Morgan fingerprint density at radius 3 is 2.55 bits per heavy atom. The standard InChI is InChI=1S/C18H23NO3/c1-7-10(2)14-8-15-17(16(9-14)21-6)19-12(4)11(3)18(15)22-13(5)20/h8-10H,7H2,1-6H3. The summed E-state index contributed by atoms with van der Waals surface area (Å²) < 4.78 is 11.0. The monoisotopic (exact) mass is 301 g/mol.